The molecule has 0 radical (unpaired) electrons. The summed E-state index contributed by atoms with van der Waals surface area (Å²) in [5.41, 5.74) is 1.89. The van der Waals surface area contributed by atoms with Crippen LogP contribution in [-0.4, -0.2) is 36.5 Å². The summed E-state index contributed by atoms with van der Waals surface area (Å²) in [6.07, 6.45) is 0.995. The number of halogens is 1. The standard InChI is InChI=1S/C14H19BrN2O/c1-3-4-17(13-8-16-9-13)14(18)11-5-10(2)6-12(15)7-11/h5-7,13,16H,3-4,8-9H2,1-2H3. The monoisotopic (exact) mass is 310 g/mol. The van der Waals surface area contributed by atoms with E-state index in [2.05, 4.69) is 28.2 Å². The number of nitrogens with one attached hydrogen (secondary N) is 1. The molecule has 1 fully saturated rings. The summed E-state index contributed by atoms with van der Waals surface area (Å²) >= 11 is 3.45. The zero-order valence-electron chi connectivity index (χ0n) is 10.9. The largest absolute Gasteiger partial charge is 0.333 e. The third kappa shape index (κ3) is 2.93. The highest BCUT2D eigenvalue weighted by Crippen LogP contribution is 2.18. The van der Waals surface area contributed by atoms with Crippen LogP contribution in [0, 0.1) is 6.92 Å². The van der Waals surface area contributed by atoms with Crippen molar-refractivity contribution in [2.24, 2.45) is 0 Å². The van der Waals surface area contributed by atoms with Gasteiger partial charge in [-0.2, -0.15) is 0 Å². The van der Waals surface area contributed by atoms with Crippen LogP contribution in [0.25, 0.3) is 0 Å². The molecule has 1 aliphatic rings. The van der Waals surface area contributed by atoms with Crippen molar-refractivity contribution in [2.75, 3.05) is 19.6 Å². The van der Waals surface area contributed by atoms with E-state index >= 15 is 0 Å². The lowest BCUT2D eigenvalue weighted by Crippen LogP contribution is -2.59. The van der Waals surface area contributed by atoms with Crippen molar-refractivity contribution in [2.45, 2.75) is 26.3 Å². The molecule has 1 aromatic carbocycles. The molecule has 0 atom stereocenters. The Morgan fingerprint density at radius 1 is 1.44 bits per heavy atom. The van der Waals surface area contributed by atoms with E-state index in [4.69, 9.17) is 0 Å². The Morgan fingerprint density at radius 2 is 2.17 bits per heavy atom. The minimum Gasteiger partial charge on any atom is -0.333 e. The summed E-state index contributed by atoms with van der Waals surface area (Å²) in [5, 5.41) is 3.23. The predicted octanol–water partition coefficient (Wildman–Crippen LogP) is 2.58. The molecule has 18 heavy (non-hydrogen) atoms. The van der Waals surface area contributed by atoms with E-state index in [9.17, 15) is 4.79 Å². The Labute approximate surface area is 117 Å². The van der Waals surface area contributed by atoms with Gasteiger partial charge in [0.1, 0.15) is 0 Å². The molecule has 0 saturated carbocycles. The number of carbonyl (C=O) groups excluding carboxylic acids is 1. The fourth-order valence-corrected chi connectivity index (χ4v) is 2.82. The highest BCUT2D eigenvalue weighted by atomic mass is 79.9. The first-order valence-electron chi connectivity index (χ1n) is 6.40. The molecular formula is C14H19BrN2O. The number of nitrogens with zero attached hydrogens (tertiary/aromatic N) is 1. The third-order valence-corrected chi connectivity index (χ3v) is 3.67. The second-order valence-electron chi connectivity index (χ2n) is 4.83. The van der Waals surface area contributed by atoms with Crippen molar-refractivity contribution in [1.29, 1.82) is 0 Å². The molecule has 3 nitrogen and oxygen atoms in total. The quantitative estimate of drug-likeness (QED) is 0.927. The second kappa shape index (κ2) is 5.85. The van der Waals surface area contributed by atoms with Gasteiger partial charge in [0.05, 0.1) is 6.04 Å². The van der Waals surface area contributed by atoms with Crippen molar-refractivity contribution in [3.63, 3.8) is 0 Å². The van der Waals surface area contributed by atoms with Crippen LogP contribution in [0.5, 0.6) is 0 Å². The molecule has 1 heterocycles. The van der Waals surface area contributed by atoms with Gasteiger partial charge in [-0.1, -0.05) is 22.9 Å². The Balaban J connectivity index is 2.21. The highest BCUT2D eigenvalue weighted by Gasteiger charge is 2.28. The van der Waals surface area contributed by atoms with Gasteiger partial charge in [-0.3, -0.25) is 4.79 Å². The van der Waals surface area contributed by atoms with E-state index < -0.39 is 0 Å². The van der Waals surface area contributed by atoms with Crippen LogP contribution in [0.3, 0.4) is 0 Å². The van der Waals surface area contributed by atoms with Crippen LogP contribution < -0.4 is 5.32 Å². The van der Waals surface area contributed by atoms with E-state index in [1.165, 1.54) is 0 Å². The Hall–Kier alpha value is -0.870. The van der Waals surface area contributed by atoms with Crippen LogP contribution >= 0.6 is 15.9 Å². The number of rotatable bonds is 4. The average molecular weight is 311 g/mol. The van der Waals surface area contributed by atoms with Gasteiger partial charge in [0, 0.05) is 29.7 Å². The van der Waals surface area contributed by atoms with Crippen molar-refractivity contribution < 1.29 is 4.79 Å². The number of carbonyl (C=O) groups is 1. The summed E-state index contributed by atoms with van der Waals surface area (Å²) in [4.78, 5) is 14.5. The third-order valence-electron chi connectivity index (χ3n) is 3.22. The first kappa shape index (κ1) is 13.6. The molecule has 98 valence electrons. The van der Waals surface area contributed by atoms with Gasteiger partial charge >= 0.3 is 0 Å². The maximum absolute atomic E-state index is 12.6. The lowest BCUT2D eigenvalue weighted by Gasteiger charge is -2.38. The number of benzene rings is 1. The maximum Gasteiger partial charge on any atom is 0.254 e. The summed E-state index contributed by atoms with van der Waals surface area (Å²) in [5.74, 6) is 0.146. The number of aryl methyl sites for hydroxylation is 1. The van der Waals surface area contributed by atoms with Gasteiger partial charge in [-0.15, -0.1) is 0 Å². The lowest BCUT2D eigenvalue weighted by atomic mass is 10.1. The van der Waals surface area contributed by atoms with Gasteiger partial charge in [-0.05, 0) is 37.1 Å². The molecule has 2 rings (SSSR count). The zero-order chi connectivity index (χ0) is 13.1. The molecule has 1 aromatic rings. The Morgan fingerprint density at radius 3 is 2.67 bits per heavy atom. The van der Waals surface area contributed by atoms with Crippen LogP contribution in [0.15, 0.2) is 22.7 Å². The van der Waals surface area contributed by atoms with Gasteiger partial charge in [-0.25, -0.2) is 0 Å². The van der Waals surface area contributed by atoms with Crippen LogP contribution in [0.1, 0.15) is 29.3 Å². The molecular weight excluding hydrogens is 292 g/mol. The predicted molar refractivity (Wildman–Crippen MR) is 76.9 cm³/mol. The summed E-state index contributed by atoms with van der Waals surface area (Å²) in [7, 11) is 0. The average Bonchev–Trinajstić information content (AvgIpc) is 2.23. The Bertz CT molecular complexity index is 423. The second-order valence-corrected chi connectivity index (χ2v) is 5.74. The SMILES string of the molecule is CCCN(C(=O)c1cc(C)cc(Br)c1)C1CNC1. The van der Waals surface area contributed by atoms with E-state index in [0.29, 0.717) is 6.04 Å². The van der Waals surface area contributed by atoms with Crippen molar-refractivity contribution >= 4 is 21.8 Å². The van der Waals surface area contributed by atoms with Crippen molar-refractivity contribution in [1.82, 2.24) is 10.2 Å². The van der Waals surface area contributed by atoms with E-state index in [1.54, 1.807) is 0 Å². The van der Waals surface area contributed by atoms with Crippen LogP contribution in [-0.2, 0) is 0 Å². The van der Waals surface area contributed by atoms with Crippen LogP contribution in [0.4, 0.5) is 0 Å². The molecule has 1 aliphatic heterocycles. The van der Waals surface area contributed by atoms with Gasteiger partial charge < -0.3 is 10.2 Å². The van der Waals surface area contributed by atoms with Gasteiger partial charge in [0.2, 0.25) is 0 Å². The number of amides is 1. The summed E-state index contributed by atoms with van der Waals surface area (Å²) in [6.45, 7) is 6.78. The molecule has 1 saturated heterocycles. The molecule has 4 heteroatoms. The minimum absolute atomic E-state index is 0.146. The van der Waals surface area contributed by atoms with E-state index in [0.717, 1.165) is 41.7 Å². The molecule has 1 N–H and O–H groups in total. The lowest BCUT2D eigenvalue weighted by molar-refractivity contribution is 0.0615. The molecule has 0 unspecified atom stereocenters. The van der Waals surface area contributed by atoms with Crippen molar-refractivity contribution in [3.05, 3.63) is 33.8 Å². The zero-order valence-corrected chi connectivity index (χ0v) is 12.5. The Kier molecular flexibility index (Phi) is 4.40. The number of hydrogen-bond acceptors (Lipinski definition) is 2. The van der Waals surface area contributed by atoms with Crippen LogP contribution in [0.2, 0.25) is 0 Å². The highest BCUT2D eigenvalue weighted by molar-refractivity contribution is 9.10. The minimum atomic E-state index is 0.146. The van der Waals surface area contributed by atoms with E-state index in [1.807, 2.05) is 30.0 Å². The fourth-order valence-electron chi connectivity index (χ4n) is 2.21. The molecule has 0 aromatic heterocycles. The topological polar surface area (TPSA) is 32.3 Å². The van der Waals surface area contributed by atoms with Gasteiger partial charge in [0.15, 0.2) is 0 Å². The van der Waals surface area contributed by atoms with E-state index in [-0.39, 0.29) is 5.91 Å². The number of hydrogen-bond donors (Lipinski definition) is 1. The van der Waals surface area contributed by atoms with Crippen molar-refractivity contribution in [3.8, 4) is 0 Å². The smallest absolute Gasteiger partial charge is 0.254 e. The molecule has 0 aliphatic carbocycles. The summed E-state index contributed by atoms with van der Waals surface area (Å²) < 4.78 is 0.967. The molecule has 0 bridgehead atoms. The fraction of sp³-hybridized carbons (Fsp3) is 0.500. The first-order valence-corrected chi connectivity index (χ1v) is 7.20. The molecule has 0 spiro atoms. The molecule has 1 amide bonds. The van der Waals surface area contributed by atoms with Gasteiger partial charge in [0.25, 0.3) is 5.91 Å². The normalized spacial score (nSPS) is 15.3. The first-order chi connectivity index (χ1) is 8.61. The maximum atomic E-state index is 12.6. The summed E-state index contributed by atoms with van der Waals surface area (Å²) in [6, 6.07) is 6.24.